The van der Waals surface area contributed by atoms with Crippen molar-refractivity contribution in [1.29, 1.82) is 0 Å². The molecule has 0 saturated heterocycles. The highest BCUT2D eigenvalue weighted by molar-refractivity contribution is 6.00. The van der Waals surface area contributed by atoms with Gasteiger partial charge in [0.05, 0.1) is 7.11 Å². The predicted octanol–water partition coefficient (Wildman–Crippen LogP) is 5.22. The van der Waals surface area contributed by atoms with Crippen LogP contribution in [-0.4, -0.2) is 38.7 Å². The molecule has 0 aliphatic carbocycles. The van der Waals surface area contributed by atoms with Crippen LogP contribution < -0.4 is 24.8 Å². The van der Waals surface area contributed by atoms with Gasteiger partial charge in [0.15, 0.2) is 13.2 Å². The maximum Gasteiger partial charge on any atom is 0.422 e. The van der Waals surface area contributed by atoms with Gasteiger partial charge in [-0.3, -0.25) is 0 Å². The van der Waals surface area contributed by atoms with Crippen molar-refractivity contribution in [2.45, 2.75) is 12.4 Å². The summed E-state index contributed by atoms with van der Waals surface area (Å²) < 4.78 is 88.3. The Balaban J connectivity index is 2.15. The third kappa shape index (κ3) is 8.37. The van der Waals surface area contributed by atoms with Gasteiger partial charge in [-0.25, -0.2) is 4.79 Å². The molecule has 0 radical (unpaired) electrons. The van der Waals surface area contributed by atoms with E-state index in [0.29, 0.717) is 11.4 Å². The number of anilines is 2. The van der Waals surface area contributed by atoms with Crippen LogP contribution in [0, 0.1) is 0 Å². The van der Waals surface area contributed by atoms with Crippen LogP contribution in [0.2, 0.25) is 0 Å². The number of hydrogen-bond donors (Lipinski definition) is 2. The van der Waals surface area contributed by atoms with Crippen LogP contribution in [0.25, 0.3) is 0 Å². The van der Waals surface area contributed by atoms with Crippen LogP contribution >= 0.6 is 0 Å². The second kappa shape index (κ2) is 9.46. The monoisotopic (exact) mass is 438 g/mol. The summed E-state index contributed by atoms with van der Waals surface area (Å²) in [4.78, 5) is 12.1. The highest BCUT2D eigenvalue weighted by Crippen LogP contribution is 2.29. The van der Waals surface area contributed by atoms with Gasteiger partial charge < -0.3 is 24.8 Å². The summed E-state index contributed by atoms with van der Waals surface area (Å²) >= 11 is 0. The number of benzene rings is 2. The number of rotatable bonds is 7. The van der Waals surface area contributed by atoms with E-state index in [-0.39, 0.29) is 5.69 Å². The molecule has 0 aliphatic rings. The van der Waals surface area contributed by atoms with Crippen molar-refractivity contribution in [3.63, 3.8) is 0 Å². The van der Waals surface area contributed by atoms with Crippen LogP contribution in [0.3, 0.4) is 0 Å². The van der Waals surface area contributed by atoms with E-state index >= 15 is 0 Å². The summed E-state index contributed by atoms with van der Waals surface area (Å²) in [6, 6.07) is 8.34. The lowest BCUT2D eigenvalue weighted by molar-refractivity contribution is -0.153. The molecule has 2 N–H and O–H groups in total. The smallest absolute Gasteiger partial charge is 0.422 e. The Morgan fingerprint density at radius 2 is 1.30 bits per heavy atom. The molecule has 30 heavy (non-hydrogen) atoms. The van der Waals surface area contributed by atoms with Gasteiger partial charge in [0, 0.05) is 35.6 Å². The number of urea groups is 1. The molecule has 0 aromatic heterocycles. The zero-order chi connectivity index (χ0) is 22.4. The van der Waals surface area contributed by atoms with Gasteiger partial charge in [0.2, 0.25) is 0 Å². The molecule has 0 atom stereocenters. The number of carbonyl (C=O) groups excluding carboxylic acids is 1. The minimum absolute atomic E-state index is 0.146. The third-order valence-electron chi connectivity index (χ3n) is 3.27. The molecule has 0 heterocycles. The van der Waals surface area contributed by atoms with Crippen molar-refractivity contribution >= 4 is 17.4 Å². The molecule has 6 nitrogen and oxygen atoms in total. The van der Waals surface area contributed by atoms with Crippen molar-refractivity contribution in [3.8, 4) is 17.2 Å². The zero-order valence-electron chi connectivity index (χ0n) is 15.4. The lowest BCUT2D eigenvalue weighted by Gasteiger charge is -2.15. The molecule has 0 bridgehead atoms. The van der Waals surface area contributed by atoms with E-state index in [1.807, 2.05) is 0 Å². The Morgan fingerprint density at radius 3 is 1.80 bits per heavy atom. The first-order valence-electron chi connectivity index (χ1n) is 8.20. The van der Waals surface area contributed by atoms with Crippen LogP contribution in [-0.2, 0) is 0 Å². The molecular formula is C18H16F6N2O4. The fourth-order valence-corrected chi connectivity index (χ4v) is 2.14. The van der Waals surface area contributed by atoms with Crippen LogP contribution in [0.5, 0.6) is 17.2 Å². The van der Waals surface area contributed by atoms with Crippen LogP contribution in [0.1, 0.15) is 0 Å². The van der Waals surface area contributed by atoms with Gasteiger partial charge in [-0.05, 0) is 12.1 Å². The van der Waals surface area contributed by atoms with E-state index in [1.54, 1.807) is 18.2 Å². The second-order valence-corrected chi connectivity index (χ2v) is 5.81. The Bertz CT molecular complexity index is 834. The molecule has 12 heteroatoms. The molecule has 164 valence electrons. The first kappa shape index (κ1) is 23.0. The molecule has 0 spiro atoms. The van der Waals surface area contributed by atoms with E-state index in [2.05, 4.69) is 20.1 Å². The van der Waals surface area contributed by atoms with Crippen LogP contribution in [0.4, 0.5) is 42.5 Å². The fraction of sp³-hybridized carbons (Fsp3) is 0.278. The van der Waals surface area contributed by atoms with Gasteiger partial charge in [0.25, 0.3) is 0 Å². The van der Waals surface area contributed by atoms with Crippen molar-refractivity contribution in [2.75, 3.05) is 31.0 Å². The summed E-state index contributed by atoms with van der Waals surface area (Å²) in [6.07, 6.45) is -9.33. The fourth-order valence-electron chi connectivity index (χ4n) is 2.14. The lowest BCUT2D eigenvalue weighted by Crippen LogP contribution is -2.21. The molecule has 0 unspecified atom stereocenters. The highest BCUT2D eigenvalue weighted by Gasteiger charge is 2.30. The number of methoxy groups -OCH3 is 1. The summed E-state index contributed by atoms with van der Waals surface area (Å²) in [5.74, 6) is -0.425. The Labute approximate surface area is 166 Å². The Kier molecular flexibility index (Phi) is 7.24. The number of carbonyl (C=O) groups is 1. The maximum atomic E-state index is 12.4. The number of nitrogens with one attached hydrogen (secondary N) is 2. The third-order valence-corrected chi connectivity index (χ3v) is 3.27. The van der Waals surface area contributed by atoms with Crippen LogP contribution in [0.15, 0.2) is 42.5 Å². The summed E-state index contributed by atoms with van der Waals surface area (Å²) in [5, 5.41) is 4.73. The molecular weight excluding hydrogens is 422 g/mol. The van der Waals surface area contributed by atoms with E-state index in [4.69, 9.17) is 4.74 Å². The van der Waals surface area contributed by atoms with Crippen molar-refractivity contribution in [2.24, 2.45) is 0 Å². The minimum atomic E-state index is -4.67. The van der Waals surface area contributed by atoms with Gasteiger partial charge in [0.1, 0.15) is 17.2 Å². The van der Waals surface area contributed by atoms with Crippen molar-refractivity contribution < 1.29 is 45.3 Å². The van der Waals surface area contributed by atoms with E-state index < -0.39 is 43.1 Å². The average molecular weight is 438 g/mol. The summed E-state index contributed by atoms with van der Waals surface area (Å²) in [5.41, 5.74) is 0.192. The average Bonchev–Trinajstić information content (AvgIpc) is 2.63. The number of halogens is 6. The molecule has 2 rings (SSSR count). The summed E-state index contributed by atoms with van der Waals surface area (Å²) in [7, 11) is 1.42. The Morgan fingerprint density at radius 1 is 0.800 bits per heavy atom. The molecule has 2 aromatic carbocycles. The van der Waals surface area contributed by atoms with E-state index in [9.17, 15) is 31.1 Å². The molecule has 2 aromatic rings. The topological polar surface area (TPSA) is 68.8 Å². The summed E-state index contributed by atoms with van der Waals surface area (Å²) in [6.45, 7) is -3.35. The van der Waals surface area contributed by atoms with Crippen molar-refractivity contribution in [1.82, 2.24) is 0 Å². The van der Waals surface area contributed by atoms with Gasteiger partial charge in [-0.15, -0.1) is 0 Å². The first-order valence-corrected chi connectivity index (χ1v) is 8.20. The standard InChI is InChI=1S/C18H16F6N2O4/c1-28-13-4-2-3-11(5-13)25-16(27)26-12-6-14(29-9-17(19,20)21)8-15(7-12)30-10-18(22,23)24/h2-8H,9-10H2,1H3,(H2,25,26,27). The number of amides is 2. The number of hydrogen-bond acceptors (Lipinski definition) is 4. The first-order chi connectivity index (χ1) is 13.9. The lowest BCUT2D eigenvalue weighted by atomic mass is 10.2. The molecule has 0 aliphatic heterocycles. The molecule has 0 saturated carbocycles. The largest absolute Gasteiger partial charge is 0.497 e. The Hall–Kier alpha value is -3.31. The van der Waals surface area contributed by atoms with E-state index in [1.165, 1.54) is 13.2 Å². The second-order valence-electron chi connectivity index (χ2n) is 5.81. The number of ether oxygens (including phenoxy) is 3. The van der Waals surface area contributed by atoms with E-state index in [0.717, 1.165) is 18.2 Å². The predicted molar refractivity (Wildman–Crippen MR) is 95.2 cm³/mol. The highest BCUT2D eigenvalue weighted by atomic mass is 19.4. The molecule has 2 amide bonds. The number of alkyl halides is 6. The van der Waals surface area contributed by atoms with Crippen molar-refractivity contribution in [3.05, 3.63) is 42.5 Å². The molecule has 0 fully saturated rings. The minimum Gasteiger partial charge on any atom is -0.497 e. The maximum absolute atomic E-state index is 12.4. The van der Waals surface area contributed by atoms with Gasteiger partial charge in [-0.1, -0.05) is 6.07 Å². The quantitative estimate of drug-likeness (QED) is 0.582. The SMILES string of the molecule is COc1cccc(NC(=O)Nc2cc(OCC(F)(F)F)cc(OCC(F)(F)F)c2)c1. The van der Waals surface area contributed by atoms with Gasteiger partial charge in [-0.2, -0.15) is 26.3 Å². The van der Waals surface area contributed by atoms with Gasteiger partial charge >= 0.3 is 18.4 Å². The normalized spacial score (nSPS) is 11.6. The zero-order valence-corrected chi connectivity index (χ0v) is 15.4.